The molecule has 0 bridgehead atoms. The lowest BCUT2D eigenvalue weighted by atomic mass is 9.98. The molecule has 1 N–H and O–H groups in total. The fraction of sp³-hybridized carbons (Fsp3) is 0.353. The van der Waals surface area contributed by atoms with Gasteiger partial charge in [0.2, 0.25) is 0 Å². The summed E-state index contributed by atoms with van der Waals surface area (Å²) < 4.78 is 0. The number of benzene rings is 1. The van der Waals surface area contributed by atoms with E-state index in [1.54, 1.807) is 0 Å². The molecule has 0 aliphatic heterocycles. The van der Waals surface area contributed by atoms with Crippen LogP contribution in [0.4, 0.5) is 11.5 Å². The molecular formula is C17H23N3. The van der Waals surface area contributed by atoms with E-state index in [1.807, 2.05) is 31.3 Å². The van der Waals surface area contributed by atoms with Crippen molar-refractivity contribution < 1.29 is 0 Å². The molecule has 20 heavy (non-hydrogen) atoms. The third kappa shape index (κ3) is 3.98. The van der Waals surface area contributed by atoms with Crippen LogP contribution in [0.3, 0.4) is 0 Å². The fourth-order valence-electron chi connectivity index (χ4n) is 2.14. The second-order valence-corrected chi connectivity index (χ2v) is 5.33. The first kappa shape index (κ1) is 14.4. The van der Waals surface area contributed by atoms with Gasteiger partial charge in [-0.2, -0.15) is 0 Å². The van der Waals surface area contributed by atoms with Crippen molar-refractivity contribution >= 4 is 11.5 Å². The van der Waals surface area contributed by atoms with Crippen LogP contribution in [0.25, 0.3) is 0 Å². The van der Waals surface area contributed by atoms with E-state index in [4.69, 9.17) is 0 Å². The number of rotatable bonds is 6. The number of hydrogen-bond donors (Lipinski definition) is 1. The molecule has 0 aliphatic carbocycles. The molecule has 3 nitrogen and oxygen atoms in total. The van der Waals surface area contributed by atoms with Gasteiger partial charge in [0.25, 0.3) is 0 Å². The lowest BCUT2D eigenvalue weighted by Crippen LogP contribution is -2.11. The number of aromatic nitrogens is 1. The van der Waals surface area contributed by atoms with Gasteiger partial charge in [0.1, 0.15) is 5.82 Å². The van der Waals surface area contributed by atoms with Gasteiger partial charge >= 0.3 is 0 Å². The Hall–Kier alpha value is -2.03. The van der Waals surface area contributed by atoms with Crippen LogP contribution in [-0.4, -0.2) is 25.6 Å². The standard InChI is InChI=1S/C17H23N3/c1-14(15-7-5-4-6-8-15)11-12-18-16-9-10-17(19-13-16)20(2)3/h4-10,13-14,18H,11-12H2,1-3H3. The number of nitrogens with zero attached hydrogens (tertiary/aromatic N) is 2. The first-order valence-corrected chi connectivity index (χ1v) is 7.09. The molecule has 0 spiro atoms. The average molecular weight is 269 g/mol. The van der Waals surface area contributed by atoms with E-state index in [1.165, 1.54) is 5.56 Å². The molecule has 1 aromatic heterocycles. The van der Waals surface area contributed by atoms with Gasteiger partial charge in [-0.3, -0.25) is 0 Å². The molecule has 0 aliphatic rings. The fourth-order valence-corrected chi connectivity index (χ4v) is 2.14. The van der Waals surface area contributed by atoms with Gasteiger partial charge in [-0.1, -0.05) is 37.3 Å². The summed E-state index contributed by atoms with van der Waals surface area (Å²) in [5, 5.41) is 3.43. The Kier molecular flexibility index (Phi) is 4.99. The predicted molar refractivity (Wildman–Crippen MR) is 86.5 cm³/mol. The van der Waals surface area contributed by atoms with Crippen LogP contribution in [0, 0.1) is 0 Å². The van der Waals surface area contributed by atoms with Gasteiger partial charge < -0.3 is 10.2 Å². The lowest BCUT2D eigenvalue weighted by Gasteiger charge is -2.14. The maximum Gasteiger partial charge on any atom is 0.128 e. The van der Waals surface area contributed by atoms with Crippen molar-refractivity contribution in [3.05, 3.63) is 54.2 Å². The molecule has 1 heterocycles. The largest absolute Gasteiger partial charge is 0.384 e. The highest BCUT2D eigenvalue weighted by Crippen LogP contribution is 2.19. The quantitative estimate of drug-likeness (QED) is 0.865. The molecule has 106 valence electrons. The van der Waals surface area contributed by atoms with Gasteiger partial charge in [-0.25, -0.2) is 4.98 Å². The second-order valence-electron chi connectivity index (χ2n) is 5.33. The van der Waals surface area contributed by atoms with Crippen LogP contribution in [0.2, 0.25) is 0 Å². The molecule has 0 amide bonds. The van der Waals surface area contributed by atoms with Gasteiger partial charge in [-0.15, -0.1) is 0 Å². The molecule has 3 heteroatoms. The summed E-state index contributed by atoms with van der Waals surface area (Å²) in [7, 11) is 3.99. The molecule has 0 saturated carbocycles. The van der Waals surface area contributed by atoms with Crippen LogP contribution in [0.1, 0.15) is 24.8 Å². The van der Waals surface area contributed by atoms with Crippen molar-refractivity contribution in [1.29, 1.82) is 0 Å². The maximum absolute atomic E-state index is 4.40. The molecule has 0 radical (unpaired) electrons. The van der Waals surface area contributed by atoms with Crippen molar-refractivity contribution in [3.8, 4) is 0 Å². The minimum Gasteiger partial charge on any atom is -0.384 e. The SMILES string of the molecule is CC(CCNc1ccc(N(C)C)nc1)c1ccccc1. The van der Waals surface area contributed by atoms with Crippen LogP contribution >= 0.6 is 0 Å². The molecule has 0 fully saturated rings. The zero-order valence-electron chi connectivity index (χ0n) is 12.5. The highest BCUT2D eigenvalue weighted by molar-refractivity contribution is 5.47. The zero-order valence-corrected chi connectivity index (χ0v) is 12.5. The Morgan fingerprint density at radius 1 is 1.10 bits per heavy atom. The first-order valence-electron chi connectivity index (χ1n) is 7.09. The number of pyridine rings is 1. The Bertz CT molecular complexity index is 506. The lowest BCUT2D eigenvalue weighted by molar-refractivity contribution is 0.706. The van der Waals surface area contributed by atoms with E-state index < -0.39 is 0 Å². The van der Waals surface area contributed by atoms with E-state index in [-0.39, 0.29) is 0 Å². The summed E-state index contributed by atoms with van der Waals surface area (Å²) >= 11 is 0. The second kappa shape index (κ2) is 6.94. The monoisotopic (exact) mass is 269 g/mol. The topological polar surface area (TPSA) is 28.2 Å². The minimum absolute atomic E-state index is 0.567. The molecule has 0 saturated heterocycles. The van der Waals surface area contributed by atoms with E-state index in [2.05, 4.69) is 53.6 Å². The van der Waals surface area contributed by atoms with Crippen LogP contribution < -0.4 is 10.2 Å². The van der Waals surface area contributed by atoms with Gasteiger partial charge in [-0.05, 0) is 30.0 Å². The minimum atomic E-state index is 0.567. The normalized spacial score (nSPS) is 11.9. The summed E-state index contributed by atoms with van der Waals surface area (Å²) in [4.78, 5) is 6.40. The highest BCUT2D eigenvalue weighted by atomic mass is 15.1. The predicted octanol–water partition coefficient (Wildman–Crippen LogP) is 3.75. The molecule has 1 atom stereocenters. The van der Waals surface area contributed by atoms with Crippen LogP contribution in [-0.2, 0) is 0 Å². The van der Waals surface area contributed by atoms with E-state index in [0.717, 1.165) is 24.5 Å². The molecular weight excluding hydrogens is 246 g/mol. The third-order valence-corrected chi connectivity index (χ3v) is 3.48. The summed E-state index contributed by atoms with van der Waals surface area (Å²) in [5.74, 6) is 1.55. The van der Waals surface area contributed by atoms with Crippen LogP contribution in [0.5, 0.6) is 0 Å². The van der Waals surface area contributed by atoms with E-state index in [9.17, 15) is 0 Å². The van der Waals surface area contributed by atoms with E-state index in [0.29, 0.717) is 5.92 Å². The number of nitrogens with one attached hydrogen (secondary N) is 1. The van der Waals surface area contributed by atoms with Crippen molar-refractivity contribution in [2.45, 2.75) is 19.3 Å². The Morgan fingerprint density at radius 3 is 2.45 bits per heavy atom. The summed E-state index contributed by atoms with van der Waals surface area (Å²) in [6.07, 6.45) is 3.00. The summed E-state index contributed by atoms with van der Waals surface area (Å²) in [5.41, 5.74) is 2.48. The molecule has 2 rings (SSSR count). The molecule has 1 aromatic carbocycles. The van der Waals surface area contributed by atoms with Crippen molar-refractivity contribution in [3.63, 3.8) is 0 Å². The summed E-state index contributed by atoms with van der Waals surface area (Å²) in [6, 6.07) is 14.8. The Labute approximate surface area is 121 Å². The van der Waals surface area contributed by atoms with Crippen LogP contribution in [0.15, 0.2) is 48.7 Å². The number of hydrogen-bond acceptors (Lipinski definition) is 3. The van der Waals surface area contributed by atoms with Gasteiger partial charge in [0.05, 0.1) is 11.9 Å². The Morgan fingerprint density at radius 2 is 1.85 bits per heavy atom. The average Bonchev–Trinajstić information content (AvgIpc) is 2.48. The van der Waals surface area contributed by atoms with Gasteiger partial charge in [0, 0.05) is 20.6 Å². The van der Waals surface area contributed by atoms with Crippen molar-refractivity contribution in [1.82, 2.24) is 4.98 Å². The zero-order chi connectivity index (χ0) is 14.4. The van der Waals surface area contributed by atoms with Gasteiger partial charge in [0.15, 0.2) is 0 Å². The van der Waals surface area contributed by atoms with E-state index >= 15 is 0 Å². The first-order chi connectivity index (χ1) is 9.66. The summed E-state index contributed by atoms with van der Waals surface area (Å²) in [6.45, 7) is 3.23. The molecule has 2 aromatic rings. The molecule has 1 unspecified atom stereocenters. The number of anilines is 2. The Balaban J connectivity index is 1.81. The smallest absolute Gasteiger partial charge is 0.128 e. The van der Waals surface area contributed by atoms with Crippen molar-refractivity contribution in [2.75, 3.05) is 30.9 Å². The third-order valence-electron chi connectivity index (χ3n) is 3.48. The van der Waals surface area contributed by atoms with Crippen molar-refractivity contribution in [2.24, 2.45) is 0 Å². The maximum atomic E-state index is 4.40. The highest BCUT2D eigenvalue weighted by Gasteiger charge is 2.04.